The van der Waals surface area contributed by atoms with E-state index < -0.39 is 14.5 Å². The summed E-state index contributed by atoms with van der Waals surface area (Å²) in [6, 6.07) is 0. The lowest BCUT2D eigenvalue weighted by Gasteiger charge is -2.23. The molecule has 0 heterocycles. The van der Waals surface area contributed by atoms with E-state index in [0.29, 0.717) is 0 Å². The lowest BCUT2D eigenvalue weighted by molar-refractivity contribution is -0.0877. The summed E-state index contributed by atoms with van der Waals surface area (Å²) in [5.74, 6) is 0. The first kappa shape index (κ1) is 26.5. The molecule has 0 aliphatic carbocycles. The first-order chi connectivity index (χ1) is 12.8. The number of unbranched alkanes of at least 4 members (excludes halogenated alkanes) is 10. The van der Waals surface area contributed by atoms with E-state index in [1.807, 2.05) is 0 Å². The van der Waals surface area contributed by atoms with Gasteiger partial charge in [-0.15, -0.1) is 0 Å². The molecule has 0 bridgehead atoms. The van der Waals surface area contributed by atoms with Crippen LogP contribution in [0.15, 0.2) is 0 Å². The summed E-state index contributed by atoms with van der Waals surface area (Å²) in [5, 5.41) is 2.72. The van der Waals surface area contributed by atoms with Crippen molar-refractivity contribution in [2.45, 2.75) is 141 Å². The van der Waals surface area contributed by atoms with Crippen molar-refractivity contribution in [2.24, 2.45) is 0 Å². The molecule has 0 amide bonds. The van der Waals surface area contributed by atoms with Gasteiger partial charge in [0.15, 0.2) is 0 Å². The quantitative estimate of drug-likeness (QED) is 0.113. The van der Waals surface area contributed by atoms with Crippen molar-refractivity contribution in [3.63, 3.8) is 0 Å². The Balaban J connectivity index is 4.18. The van der Waals surface area contributed by atoms with E-state index in [9.17, 15) is 0 Å². The normalized spacial score (nSPS) is 12.5. The summed E-state index contributed by atoms with van der Waals surface area (Å²) >= 11 is -1.11. The van der Waals surface area contributed by atoms with Gasteiger partial charge in [-0.05, 0) is 12.8 Å². The van der Waals surface area contributed by atoms with Crippen LogP contribution < -0.4 is 0 Å². The Morgan fingerprint density at radius 2 is 1.08 bits per heavy atom. The van der Waals surface area contributed by atoms with Gasteiger partial charge in [-0.1, -0.05) is 122 Å². The Morgan fingerprint density at radius 3 is 1.54 bits per heavy atom. The van der Waals surface area contributed by atoms with Crippen LogP contribution in [0.1, 0.15) is 124 Å². The van der Waals surface area contributed by atoms with Gasteiger partial charge in [0.05, 0.1) is 0 Å². The molecular formula is C23H49AlO2. The average molecular weight is 385 g/mol. The topological polar surface area (TPSA) is 18.5 Å². The van der Waals surface area contributed by atoms with E-state index in [1.165, 1.54) is 87.6 Å². The van der Waals surface area contributed by atoms with Gasteiger partial charge in [-0.25, -0.2) is 0 Å². The number of ether oxygens (including phenoxy) is 1. The fourth-order valence-electron chi connectivity index (χ4n) is 3.48. The molecule has 0 aromatic rings. The number of hydrogen-bond acceptors (Lipinski definition) is 2. The average Bonchev–Trinajstić information content (AvgIpc) is 2.65. The first-order valence-electron chi connectivity index (χ1n) is 12.0. The fraction of sp³-hybridized carbons (Fsp3) is 1.00. The minimum atomic E-state index is -1.11. The van der Waals surface area contributed by atoms with Crippen LogP contribution in [0.5, 0.6) is 0 Å². The molecule has 0 N–H and O–H groups in total. The maximum absolute atomic E-state index is 6.57. The van der Waals surface area contributed by atoms with Crippen LogP contribution in [0.4, 0.5) is 0 Å². The van der Waals surface area contributed by atoms with Gasteiger partial charge in [-0.3, -0.25) is 0 Å². The minimum Gasteiger partial charge on any atom is -0.478 e. The Morgan fingerprint density at radius 1 is 0.577 bits per heavy atom. The molecule has 1 atom stereocenters. The molecule has 0 radical (unpaired) electrons. The van der Waals surface area contributed by atoms with Crippen molar-refractivity contribution in [3.05, 3.63) is 0 Å². The maximum Gasteiger partial charge on any atom is 0.462 e. The molecule has 0 saturated carbocycles. The molecule has 0 saturated heterocycles. The second kappa shape index (κ2) is 21.7. The molecule has 0 aliphatic rings. The molecule has 0 fully saturated rings. The van der Waals surface area contributed by atoms with Crippen molar-refractivity contribution in [3.8, 4) is 0 Å². The highest BCUT2D eigenvalue weighted by molar-refractivity contribution is 6.51. The summed E-state index contributed by atoms with van der Waals surface area (Å²) in [6.07, 6.45) is 20.1. The molecule has 1 unspecified atom stereocenters. The molecule has 2 nitrogen and oxygen atoms in total. The minimum absolute atomic E-state index is 0.0804. The second-order valence-corrected chi connectivity index (χ2v) is 10.6. The van der Waals surface area contributed by atoms with Crippen LogP contribution in [0.3, 0.4) is 0 Å². The van der Waals surface area contributed by atoms with Crippen LogP contribution in [0.25, 0.3) is 0 Å². The molecule has 0 aromatic carbocycles. The van der Waals surface area contributed by atoms with Crippen LogP contribution in [-0.4, -0.2) is 27.4 Å². The van der Waals surface area contributed by atoms with Gasteiger partial charge in [0, 0.05) is 6.61 Å². The smallest absolute Gasteiger partial charge is 0.462 e. The Kier molecular flexibility index (Phi) is 22.1. The van der Waals surface area contributed by atoms with E-state index in [1.54, 1.807) is 0 Å². The summed E-state index contributed by atoms with van der Waals surface area (Å²) in [6.45, 7) is 9.86. The Labute approximate surface area is 170 Å². The SMILES string of the molecule is CCCCCCC[CH2][Al]([CH2]CCCCCCC)[O]C(CCC)OCCC. The molecule has 0 aromatic heterocycles. The third kappa shape index (κ3) is 17.8. The molecular weight excluding hydrogens is 335 g/mol. The van der Waals surface area contributed by atoms with E-state index in [-0.39, 0.29) is 6.29 Å². The molecule has 26 heavy (non-hydrogen) atoms. The van der Waals surface area contributed by atoms with E-state index in [0.717, 1.165) is 25.9 Å². The van der Waals surface area contributed by atoms with Gasteiger partial charge in [0.1, 0.15) is 6.29 Å². The third-order valence-electron chi connectivity index (χ3n) is 5.14. The lowest BCUT2D eigenvalue weighted by atomic mass is 10.1. The summed E-state index contributed by atoms with van der Waals surface area (Å²) in [7, 11) is 0. The predicted octanol–water partition coefficient (Wildman–Crippen LogP) is 8.27. The largest absolute Gasteiger partial charge is 0.478 e. The van der Waals surface area contributed by atoms with Crippen molar-refractivity contribution < 1.29 is 8.53 Å². The standard InChI is InChI=1S/2C8H17.C7H15O2.Al/c2*1-3-5-7-8-6-4-2;1-3-5-7(8)9-6-4-2;/h2*1,3-8H2,2H3;7H,3-6H2,1-2H3;/q;;-1;+1. The second-order valence-electron chi connectivity index (χ2n) is 7.96. The monoisotopic (exact) mass is 384 g/mol. The zero-order valence-electron chi connectivity index (χ0n) is 18.7. The molecule has 0 rings (SSSR count). The van der Waals surface area contributed by atoms with Crippen LogP contribution in [-0.2, 0) is 8.53 Å². The lowest BCUT2D eigenvalue weighted by Crippen LogP contribution is -2.28. The summed E-state index contributed by atoms with van der Waals surface area (Å²) in [5.41, 5.74) is 0. The van der Waals surface area contributed by atoms with Gasteiger partial charge in [0.25, 0.3) is 0 Å². The van der Waals surface area contributed by atoms with Crippen LogP contribution in [0, 0.1) is 0 Å². The van der Waals surface area contributed by atoms with Gasteiger partial charge in [0.2, 0.25) is 0 Å². The molecule has 0 spiro atoms. The van der Waals surface area contributed by atoms with E-state index in [2.05, 4.69) is 27.7 Å². The maximum atomic E-state index is 6.57. The van der Waals surface area contributed by atoms with Gasteiger partial charge < -0.3 is 8.53 Å². The third-order valence-corrected chi connectivity index (χ3v) is 7.93. The van der Waals surface area contributed by atoms with Crippen LogP contribution >= 0.6 is 0 Å². The highest BCUT2D eigenvalue weighted by Crippen LogP contribution is 2.19. The summed E-state index contributed by atoms with van der Waals surface area (Å²) < 4.78 is 12.6. The highest BCUT2D eigenvalue weighted by Gasteiger charge is 2.24. The first-order valence-corrected chi connectivity index (χ1v) is 14.2. The van der Waals surface area contributed by atoms with Crippen molar-refractivity contribution in [1.82, 2.24) is 0 Å². The number of rotatable bonds is 21. The fourth-order valence-corrected chi connectivity index (χ4v) is 6.17. The molecule has 3 heteroatoms. The van der Waals surface area contributed by atoms with Crippen molar-refractivity contribution in [2.75, 3.05) is 6.61 Å². The van der Waals surface area contributed by atoms with Gasteiger partial charge >= 0.3 is 14.5 Å². The number of hydrogen-bond donors (Lipinski definition) is 0. The highest BCUT2D eigenvalue weighted by atomic mass is 27.2. The molecule has 156 valence electrons. The zero-order valence-corrected chi connectivity index (χ0v) is 19.9. The zero-order chi connectivity index (χ0) is 19.3. The van der Waals surface area contributed by atoms with Crippen molar-refractivity contribution in [1.29, 1.82) is 0 Å². The summed E-state index contributed by atoms with van der Waals surface area (Å²) in [4.78, 5) is 0. The molecule has 0 aliphatic heterocycles. The van der Waals surface area contributed by atoms with Gasteiger partial charge in [-0.2, -0.15) is 0 Å². The van der Waals surface area contributed by atoms with E-state index in [4.69, 9.17) is 8.53 Å². The van der Waals surface area contributed by atoms with Crippen molar-refractivity contribution >= 4 is 14.5 Å². The Hall–Kier alpha value is 0.452. The van der Waals surface area contributed by atoms with Crippen LogP contribution in [0.2, 0.25) is 10.6 Å². The Bertz CT molecular complexity index is 245. The van der Waals surface area contributed by atoms with E-state index >= 15 is 0 Å². The predicted molar refractivity (Wildman–Crippen MR) is 118 cm³/mol.